The molecule has 2 aromatic carbocycles. The number of rotatable bonds is 13. The summed E-state index contributed by atoms with van der Waals surface area (Å²) in [7, 11) is 0. The van der Waals surface area contributed by atoms with E-state index in [0.29, 0.717) is 10.5 Å². The Morgan fingerprint density at radius 2 is 1.50 bits per heavy atom. The van der Waals surface area contributed by atoms with Gasteiger partial charge in [-0.1, -0.05) is 80.6 Å². The number of thioether (sulfide) groups is 1. The molecule has 4 atom stereocenters. The zero-order valence-corrected chi connectivity index (χ0v) is 27.0. The van der Waals surface area contributed by atoms with Crippen molar-refractivity contribution in [2.45, 2.75) is 56.9 Å². The number of nitrogens with one attached hydrogen (secondary N) is 1. The first kappa shape index (κ1) is 33.0. The number of ether oxygens (including phenoxy) is 3. The Balaban J connectivity index is 1.30. The van der Waals surface area contributed by atoms with Crippen LogP contribution in [0.2, 0.25) is 0 Å². The van der Waals surface area contributed by atoms with E-state index in [0.717, 1.165) is 11.1 Å². The van der Waals surface area contributed by atoms with Crippen LogP contribution in [0.4, 0.5) is 0 Å². The number of fused-ring (bicyclic) bond motifs is 1. The third-order valence-corrected chi connectivity index (χ3v) is 9.49. The third kappa shape index (κ3) is 7.86. The molecule has 0 radical (unpaired) electrons. The van der Waals surface area contributed by atoms with Crippen LogP contribution in [0.1, 0.15) is 42.2 Å². The molecule has 1 fully saturated rings. The molecule has 12 heteroatoms. The van der Waals surface area contributed by atoms with Crippen LogP contribution in [0.5, 0.6) is 0 Å². The molecule has 1 aromatic heterocycles. The Kier molecular flexibility index (Phi) is 10.9. The van der Waals surface area contributed by atoms with Crippen LogP contribution in [0, 0.1) is 5.92 Å². The van der Waals surface area contributed by atoms with Gasteiger partial charge in [0.05, 0.1) is 0 Å². The van der Waals surface area contributed by atoms with Crippen molar-refractivity contribution in [3.05, 3.63) is 105 Å². The molecule has 1 saturated heterocycles. The van der Waals surface area contributed by atoms with Crippen LogP contribution in [0.3, 0.4) is 0 Å². The minimum atomic E-state index is -1.28. The number of benzene rings is 2. The summed E-state index contributed by atoms with van der Waals surface area (Å²) in [6.07, 6.45) is 0.210. The average molecular weight is 663 g/mol. The predicted molar refractivity (Wildman–Crippen MR) is 172 cm³/mol. The summed E-state index contributed by atoms with van der Waals surface area (Å²) < 4.78 is 16.5. The number of carbonyl (C=O) groups is 5. The summed E-state index contributed by atoms with van der Waals surface area (Å²) in [5.41, 5.74) is 1.94. The Hall–Kier alpha value is -4.42. The quantitative estimate of drug-likeness (QED) is 0.121. The van der Waals surface area contributed by atoms with E-state index in [9.17, 15) is 24.0 Å². The Morgan fingerprint density at radius 1 is 0.848 bits per heavy atom. The highest BCUT2D eigenvalue weighted by Gasteiger charge is 2.57. The van der Waals surface area contributed by atoms with Gasteiger partial charge in [0.2, 0.25) is 11.8 Å². The molecule has 2 aliphatic heterocycles. The predicted octanol–water partition coefficient (Wildman–Crippen LogP) is 4.56. The largest absolute Gasteiger partial charge is 0.461 e. The van der Waals surface area contributed by atoms with Gasteiger partial charge in [-0.2, -0.15) is 0 Å². The topological polar surface area (TPSA) is 128 Å². The second kappa shape index (κ2) is 15.2. The number of esters is 3. The van der Waals surface area contributed by atoms with E-state index in [-0.39, 0.29) is 32.2 Å². The van der Waals surface area contributed by atoms with Gasteiger partial charge in [-0.05, 0) is 33.9 Å². The summed E-state index contributed by atoms with van der Waals surface area (Å²) in [6, 6.07) is 19.5. The Labute approximate surface area is 275 Å². The van der Waals surface area contributed by atoms with E-state index in [1.807, 2.05) is 74.5 Å². The monoisotopic (exact) mass is 662 g/mol. The molecule has 2 aliphatic rings. The zero-order valence-electron chi connectivity index (χ0n) is 25.3. The summed E-state index contributed by atoms with van der Waals surface area (Å²) in [5.74, 6) is -4.23. The molecule has 0 aliphatic carbocycles. The van der Waals surface area contributed by atoms with E-state index >= 15 is 0 Å². The van der Waals surface area contributed by atoms with Crippen LogP contribution >= 0.6 is 23.1 Å². The molecule has 46 heavy (non-hydrogen) atoms. The molecular weight excluding hydrogens is 629 g/mol. The van der Waals surface area contributed by atoms with E-state index in [2.05, 4.69) is 5.32 Å². The van der Waals surface area contributed by atoms with Gasteiger partial charge < -0.3 is 24.4 Å². The van der Waals surface area contributed by atoms with Crippen LogP contribution in [-0.4, -0.2) is 58.7 Å². The zero-order chi connectivity index (χ0) is 32.6. The van der Waals surface area contributed by atoms with Crippen molar-refractivity contribution >= 4 is 52.8 Å². The van der Waals surface area contributed by atoms with Gasteiger partial charge in [0.1, 0.15) is 31.2 Å². The lowest BCUT2D eigenvalue weighted by Gasteiger charge is -2.51. The molecule has 2 amide bonds. The van der Waals surface area contributed by atoms with Crippen molar-refractivity contribution in [3.63, 3.8) is 0 Å². The van der Waals surface area contributed by atoms with Gasteiger partial charge in [-0.15, -0.1) is 23.1 Å². The lowest BCUT2D eigenvalue weighted by Crippen LogP contribution is -2.74. The van der Waals surface area contributed by atoms with E-state index in [4.69, 9.17) is 14.2 Å². The second-order valence-electron chi connectivity index (χ2n) is 11.2. The van der Waals surface area contributed by atoms with Crippen molar-refractivity contribution in [1.29, 1.82) is 0 Å². The molecular formula is C34H34N2O8S2. The van der Waals surface area contributed by atoms with Crippen LogP contribution in [-0.2, 0) is 51.4 Å². The minimum absolute atomic E-state index is 0.00840. The van der Waals surface area contributed by atoms with Gasteiger partial charge in [-0.25, -0.2) is 4.79 Å². The number of amides is 2. The van der Waals surface area contributed by atoms with Gasteiger partial charge in [0, 0.05) is 16.9 Å². The second-order valence-corrected chi connectivity index (χ2v) is 13.2. The number of hydrogen-bond acceptors (Lipinski definition) is 10. The van der Waals surface area contributed by atoms with Gasteiger partial charge in [0.25, 0.3) is 0 Å². The highest BCUT2D eigenvalue weighted by Crippen LogP contribution is 2.41. The summed E-state index contributed by atoms with van der Waals surface area (Å²) in [5, 5.41) is 5.50. The third-order valence-electron chi connectivity index (χ3n) is 7.34. The number of nitrogens with zero attached hydrogens (tertiary/aromatic N) is 1. The Morgan fingerprint density at radius 3 is 2.11 bits per heavy atom. The highest BCUT2D eigenvalue weighted by molar-refractivity contribution is 8.03. The molecule has 0 saturated carbocycles. The number of β-lactam (4-membered cyclic amide) rings is 1. The van der Waals surface area contributed by atoms with Crippen molar-refractivity contribution in [2.24, 2.45) is 5.92 Å². The first-order valence-electron chi connectivity index (χ1n) is 14.8. The summed E-state index contributed by atoms with van der Waals surface area (Å²) >= 11 is 2.45. The maximum absolute atomic E-state index is 13.6. The molecule has 5 rings (SSSR count). The maximum atomic E-state index is 13.6. The number of carbonyl (C=O) groups excluding carboxylic acids is 5. The fourth-order valence-corrected chi connectivity index (χ4v) is 7.06. The molecule has 0 spiro atoms. The van der Waals surface area contributed by atoms with Gasteiger partial charge in [0.15, 0.2) is 12.0 Å². The maximum Gasteiger partial charge on any atom is 0.333 e. The summed E-state index contributed by atoms with van der Waals surface area (Å²) in [4.78, 5) is 67.9. The molecule has 3 unspecified atom stereocenters. The normalized spacial score (nSPS) is 19.3. The van der Waals surface area contributed by atoms with Gasteiger partial charge >= 0.3 is 17.9 Å². The van der Waals surface area contributed by atoms with Crippen LogP contribution < -0.4 is 5.32 Å². The van der Waals surface area contributed by atoms with Gasteiger partial charge in [-0.3, -0.25) is 19.2 Å². The van der Waals surface area contributed by atoms with E-state index < -0.39 is 53.1 Å². The van der Waals surface area contributed by atoms with E-state index in [1.54, 1.807) is 22.9 Å². The minimum Gasteiger partial charge on any atom is -0.461 e. The van der Waals surface area contributed by atoms with Crippen molar-refractivity contribution in [2.75, 3.05) is 6.61 Å². The fourth-order valence-electron chi connectivity index (χ4n) is 5.04. The van der Waals surface area contributed by atoms with Crippen molar-refractivity contribution < 1.29 is 38.2 Å². The van der Waals surface area contributed by atoms with Crippen molar-refractivity contribution in [3.8, 4) is 0 Å². The van der Waals surface area contributed by atoms with Crippen LogP contribution in [0.15, 0.2) is 89.2 Å². The smallest absolute Gasteiger partial charge is 0.333 e. The summed E-state index contributed by atoms with van der Waals surface area (Å²) in [6.45, 7) is 3.58. The first-order chi connectivity index (χ1) is 22.2. The van der Waals surface area contributed by atoms with E-state index in [1.165, 1.54) is 28.0 Å². The first-order valence-corrected chi connectivity index (χ1v) is 16.6. The molecule has 3 heterocycles. The molecule has 10 nitrogen and oxygen atoms in total. The highest BCUT2D eigenvalue weighted by atomic mass is 32.2. The van der Waals surface area contributed by atoms with Crippen LogP contribution in [0.25, 0.3) is 0 Å². The number of thiophene rings is 1. The number of hydrogen-bond donors (Lipinski definition) is 1. The molecule has 0 bridgehead atoms. The standard InChI is InChI=1S/C34H34N2O8S2/c1-21(2)16-26(37)42-19-24-20-46-32-28(31(39)36(32)29(24)34(41)44-18-23-12-7-4-8-13-23)35-30(38)27(25-14-9-15-45-25)33(40)43-17-22-10-5-3-6-11-22/h3-15,20-21,27-29,32H,16-19H2,1-2H3,(H,35,38)/t27?,28?,29?,32-/m1/s1. The Bertz CT molecular complexity index is 1580. The molecule has 3 aromatic rings. The lowest BCUT2D eigenvalue weighted by atomic mass is 9.97. The SMILES string of the molecule is CC(C)CC(=O)OCC1=CS[C@@H]2C(NC(=O)C(C(=O)OCc3ccccc3)c3cccs3)C(=O)N2C1C(=O)OCc1ccccc1. The molecule has 1 N–H and O–H groups in total. The average Bonchev–Trinajstić information content (AvgIpc) is 3.58. The molecule has 240 valence electrons. The lowest BCUT2D eigenvalue weighted by molar-refractivity contribution is -0.165. The fraction of sp³-hybridized carbons (Fsp3) is 0.324. The van der Waals surface area contributed by atoms with Crippen molar-refractivity contribution in [1.82, 2.24) is 10.2 Å².